The maximum absolute atomic E-state index is 11.1. The minimum absolute atomic E-state index is 0.00336. The van der Waals surface area contributed by atoms with Gasteiger partial charge < -0.3 is 9.84 Å². The summed E-state index contributed by atoms with van der Waals surface area (Å²) in [6.07, 6.45) is 0.773. The molecule has 0 bridgehead atoms. The fourth-order valence-corrected chi connectivity index (χ4v) is 2.38. The zero-order valence-corrected chi connectivity index (χ0v) is 11.6. The van der Waals surface area contributed by atoms with E-state index in [9.17, 15) is 4.79 Å². The molecule has 1 aromatic heterocycles. The SMILES string of the molecule is CCc1cc(Br)cc2c(OC)cc(C(=O)O)nc12. The second-order valence-electron chi connectivity index (χ2n) is 3.83. The summed E-state index contributed by atoms with van der Waals surface area (Å²) < 4.78 is 6.17. The monoisotopic (exact) mass is 309 g/mol. The summed E-state index contributed by atoms with van der Waals surface area (Å²) in [5.74, 6) is -0.534. The number of pyridine rings is 1. The lowest BCUT2D eigenvalue weighted by Gasteiger charge is -2.10. The molecule has 1 N–H and O–H groups in total. The molecule has 0 spiro atoms. The number of benzene rings is 1. The average Bonchev–Trinajstić information content (AvgIpc) is 2.36. The number of ether oxygens (including phenoxy) is 1. The van der Waals surface area contributed by atoms with Crippen LogP contribution >= 0.6 is 15.9 Å². The molecule has 0 aliphatic rings. The summed E-state index contributed by atoms with van der Waals surface area (Å²) >= 11 is 3.44. The number of carboxylic acid groups (broad SMARTS) is 1. The molecule has 0 radical (unpaired) electrons. The number of halogens is 1. The molecule has 0 atom stereocenters. The van der Waals surface area contributed by atoms with Gasteiger partial charge in [-0.2, -0.15) is 0 Å². The number of aryl methyl sites for hydroxylation is 1. The Morgan fingerprint density at radius 2 is 2.17 bits per heavy atom. The van der Waals surface area contributed by atoms with Crippen LogP contribution in [-0.2, 0) is 6.42 Å². The van der Waals surface area contributed by atoms with Crippen molar-refractivity contribution in [3.8, 4) is 5.75 Å². The molecule has 0 fully saturated rings. The Morgan fingerprint density at radius 3 is 2.72 bits per heavy atom. The number of aromatic carboxylic acids is 1. The quantitative estimate of drug-likeness (QED) is 0.945. The summed E-state index contributed by atoms with van der Waals surface area (Å²) in [5.41, 5.74) is 1.66. The second kappa shape index (κ2) is 4.94. The standard InChI is InChI=1S/C13H12BrNO3/c1-3-7-4-8(14)5-9-11(18-2)6-10(13(16)17)15-12(7)9/h4-6H,3H2,1-2H3,(H,16,17). The number of hydrogen-bond donors (Lipinski definition) is 1. The van der Waals surface area contributed by atoms with Gasteiger partial charge in [0.25, 0.3) is 0 Å². The van der Waals surface area contributed by atoms with Crippen LogP contribution in [-0.4, -0.2) is 23.2 Å². The fourth-order valence-electron chi connectivity index (χ4n) is 1.88. The fraction of sp³-hybridized carbons (Fsp3) is 0.231. The Morgan fingerprint density at radius 1 is 1.44 bits per heavy atom. The minimum atomic E-state index is -1.06. The Labute approximate surface area is 113 Å². The molecule has 18 heavy (non-hydrogen) atoms. The molecule has 1 heterocycles. The molecule has 0 saturated carbocycles. The van der Waals surface area contributed by atoms with E-state index in [-0.39, 0.29) is 5.69 Å². The topological polar surface area (TPSA) is 59.4 Å². The van der Waals surface area contributed by atoms with E-state index < -0.39 is 5.97 Å². The first-order valence-electron chi connectivity index (χ1n) is 5.47. The number of methoxy groups -OCH3 is 1. The molecule has 0 unspecified atom stereocenters. The van der Waals surface area contributed by atoms with Gasteiger partial charge in [-0.3, -0.25) is 0 Å². The average molecular weight is 310 g/mol. The Hall–Kier alpha value is -1.62. The van der Waals surface area contributed by atoms with Crippen molar-refractivity contribution in [2.75, 3.05) is 7.11 Å². The van der Waals surface area contributed by atoms with Gasteiger partial charge in [0.2, 0.25) is 0 Å². The van der Waals surface area contributed by atoms with E-state index in [1.807, 2.05) is 19.1 Å². The van der Waals surface area contributed by atoms with Crippen LogP contribution < -0.4 is 4.74 Å². The second-order valence-corrected chi connectivity index (χ2v) is 4.75. The Bertz CT molecular complexity index is 625. The van der Waals surface area contributed by atoms with Gasteiger partial charge in [0, 0.05) is 15.9 Å². The van der Waals surface area contributed by atoms with E-state index in [1.165, 1.54) is 13.2 Å². The molecule has 5 heteroatoms. The number of carboxylic acids is 1. The lowest BCUT2D eigenvalue weighted by atomic mass is 10.1. The van der Waals surface area contributed by atoms with Gasteiger partial charge in [-0.1, -0.05) is 22.9 Å². The van der Waals surface area contributed by atoms with Gasteiger partial charge in [-0.25, -0.2) is 9.78 Å². The summed E-state index contributed by atoms with van der Waals surface area (Å²) in [5, 5.41) is 9.87. The highest BCUT2D eigenvalue weighted by molar-refractivity contribution is 9.10. The predicted octanol–water partition coefficient (Wildman–Crippen LogP) is 3.27. The third-order valence-electron chi connectivity index (χ3n) is 2.74. The van der Waals surface area contributed by atoms with E-state index in [1.54, 1.807) is 0 Å². The van der Waals surface area contributed by atoms with Crippen LogP contribution in [0.15, 0.2) is 22.7 Å². The summed E-state index contributed by atoms with van der Waals surface area (Å²) in [6, 6.07) is 5.27. The molecule has 0 amide bonds. The summed E-state index contributed by atoms with van der Waals surface area (Å²) in [4.78, 5) is 15.2. The lowest BCUT2D eigenvalue weighted by molar-refractivity contribution is 0.0690. The first-order chi connectivity index (χ1) is 8.56. The Balaban J connectivity index is 2.87. The van der Waals surface area contributed by atoms with Gasteiger partial charge in [-0.15, -0.1) is 0 Å². The lowest BCUT2D eigenvalue weighted by Crippen LogP contribution is -2.03. The van der Waals surface area contributed by atoms with Gasteiger partial charge >= 0.3 is 5.97 Å². The van der Waals surface area contributed by atoms with E-state index in [4.69, 9.17) is 9.84 Å². The third kappa shape index (κ3) is 2.18. The van der Waals surface area contributed by atoms with Crippen LogP contribution in [0.5, 0.6) is 5.75 Å². The van der Waals surface area contributed by atoms with Crippen LogP contribution in [0.3, 0.4) is 0 Å². The highest BCUT2D eigenvalue weighted by atomic mass is 79.9. The maximum Gasteiger partial charge on any atom is 0.354 e. The normalized spacial score (nSPS) is 10.6. The van der Waals surface area contributed by atoms with E-state index >= 15 is 0 Å². The molecule has 0 aliphatic carbocycles. The van der Waals surface area contributed by atoms with Crippen LogP contribution in [0.25, 0.3) is 10.9 Å². The summed E-state index contributed by atoms with van der Waals surface area (Å²) in [7, 11) is 1.52. The van der Waals surface area contributed by atoms with Crippen molar-refractivity contribution in [3.05, 3.63) is 33.9 Å². The molecule has 1 aromatic carbocycles. The highest BCUT2D eigenvalue weighted by Crippen LogP contribution is 2.31. The maximum atomic E-state index is 11.1. The first kappa shape index (κ1) is 12.8. The Kier molecular flexibility index (Phi) is 3.52. The van der Waals surface area contributed by atoms with Gasteiger partial charge in [0.05, 0.1) is 12.6 Å². The van der Waals surface area contributed by atoms with Crippen molar-refractivity contribution in [1.82, 2.24) is 4.98 Å². The minimum Gasteiger partial charge on any atom is -0.496 e. The van der Waals surface area contributed by atoms with E-state index in [2.05, 4.69) is 20.9 Å². The third-order valence-corrected chi connectivity index (χ3v) is 3.20. The van der Waals surface area contributed by atoms with Crippen molar-refractivity contribution in [3.63, 3.8) is 0 Å². The van der Waals surface area contributed by atoms with Crippen molar-refractivity contribution in [1.29, 1.82) is 0 Å². The van der Waals surface area contributed by atoms with Crippen LogP contribution in [0.4, 0.5) is 0 Å². The van der Waals surface area contributed by atoms with E-state index in [0.717, 1.165) is 21.8 Å². The van der Waals surface area contributed by atoms with Crippen molar-refractivity contribution in [2.45, 2.75) is 13.3 Å². The number of hydrogen-bond acceptors (Lipinski definition) is 3. The van der Waals surface area contributed by atoms with Crippen LogP contribution in [0.2, 0.25) is 0 Å². The zero-order chi connectivity index (χ0) is 13.3. The highest BCUT2D eigenvalue weighted by Gasteiger charge is 2.14. The summed E-state index contributed by atoms with van der Waals surface area (Å²) in [6.45, 7) is 2.00. The first-order valence-corrected chi connectivity index (χ1v) is 6.26. The van der Waals surface area contributed by atoms with E-state index in [0.29, 0.717) is 11.3 Å². The molecule has 0 aliphatic heterocycles. The van der Waals surface area contributed by atoms with Crippen molar-refractivity contribution < 1.29 is 14.6 Å². The van der Waals surface area contributed by atoms with Crippen LogP contribution in [0.1, 0.15) is 23.0 Å². The van der Waals surface area contributed by atoms with Crippen molar-refractivity contribution in [2.24, 2.45) is 0 Å². The van der Waals surface area contributed by atoms with Gasteiger partial charge in [0.1, 0.15) is 5.75 Å². The predicted molar refractivity (Wildman–Crippen MR) is 72.3 cm³/mol. The smallest absolute Gasteiger partial charge is 0.354 e. The molecular weight excluding hydrogens is 298 g/mol. The molecule has 2 aromatic rings. The van der Waals surface area contributed by atoms with Crippen molar-refractivity contribution >= 4 is 32.8 Å². The molecule has 4 nitrogen and oxygen atoms in total. The number of aromatic nitrogens is 1. The number of carbonyl (C=O) groups is 1. The number of fused-ring (bicyclic) bond motifs is 1. The van der Waals surface area contributed by atoms with Gasteiger partial charge in [-0.05, 0) is 24.1 Å². The number of nitrogens with zero attached hydrogens (tertiary/aromatic N) is 1. The van der Waals surface area contributed by atoms with Gasteiger partial charge in [0.15, 0.2) is 5.69 Å². The molecule has 0 saturated heterocycles. The van der Waals surface area contributed by atoms with Crippen LogP contribution in [0, 0.1) is 0 Å². The zero-order valence-electron chi connectivity index (χ0n) is 10.0. The largest absolute Gasteiger partial charge is 0.496 e. The number of rotatable bonds is 3. The molecular formula is C13H12BrNO3. The molecule has 2 rings (SSSR count). The molecule has 94 valence electrons.